The molecular weight excluding hydrogens is 196 g/mol. The molecular formula is C15H22O. The third-order valence-corrected chi connectivity index (χ3v) is 3.29. The van der Waals surface area contributed by atoms with Crippen LogP contribution in [-0.4, -0.2) is 5.78 Å². The van der Waals surface area contributed by atoms with E-state index in [2.05, 4.69) is 45.0 Å². The first-order chi connectivity index (χ1) is 7.50. The Bertz CT molecular complexity index is 335. The molecule has 0 aliphatic heterocycles. The number of hydrogen-bond donors (Lipinski definition) is 0. The van der Waals surface area contributed by atoms with Gasteiger partial charge in [0.25, 0.3) is 0 Å². The van der Waals surface area contributed by atoms with Crippen molar-refractivity contribution in [1.29, 1.82) is 0 Å². The fourth-order valence-electron chi connectivity index (χ4n) is 1.62. The lowest BCUT2D eigenvalue weighted by molar-refractivity contribution is -0.123. The topological polar surface area (TPSA) is 17.1 Å². The van der Waals surface area contributed by atoms with E-state index >= 15 is 0 Å². The first-order valence-electron chi connectivity index (χ1n) is 6.09. The van der Waals surface area contributed by atoms with Gasteiger partial charge in [-0.25, -0.2) is 0 Å². The molecule has 0 aliphatic rings. The fourth-order valence-corrected chi connectivity index (χ4v) is 1.62. The van der Waals surface area contributed by atoms with Gasteiger partial charge in [-0.1, -0.05) is 50.6 Å². The highest BCUT2D eigenvalue weighted by Gasteiger charge is 2.15. The van der Waals surface area contributed by atoms with Crippen LogP contribution >= 0.6 is 0 Å². The van der Waals surface area contributed by atoms with Crippen LogP contribution in [0.4, 0.5) is 0 Å². The van der Waals surface area contributed by atoms with E-state index < -0.39 is 0 Å². The van der Waals surface area contributed by atoms with Crippen molar-refractivity contribution in [2.75, 3.05) is 0 Å². The van der Waals surface area contributed by atoms with Crippen LogP contribution in [0.15, 0.2) is 24.3 Å². The van der Waals surface area contributed by atoms with Crippen molar-refractivity contribution in [2.45, 2.75) is 40.5 Å². The molecule has 0 heterocycles. The molecule has 0 fully saturated rings. The zero-order valence-electron chi connectivity index (χ0n) is 10.8. The minimum absolute atomic E-state index is 0.186. The molecule has 16 heavy (non-hydrogen) atoms. The van der Waals surface area contributed by atoms with Crippen LogP contribution in [-0.2, 0) is 11.2 Å². The van der Waals surface area contributed by atoms with Crippen molar-refractivity contribution in [2.24, 2.45) is 11.8 Å². The number of benzene rings is 1. The van der Waals surface area contributed by atoms with Crippen LogP contribution in [0.2, 0.25) is 0 Å². The second-order valence-electron chi connectivity index (χ2n) is 4.98. The highest BCUT2D eigenvalue weighted by Crippen LogP contribution is 2.14. The Morgan fingerprint density at radius 3 is 2.19 bits per heavy atom. The highest BCUT2D eigenvalue weighted by atomic mass is 16.1. The summed E-state index contributed by atoms with van der Waals surface area (Å²) in [6.45, 7) is 8.32. The molecule has 1 unspecified atom stereocenters. The van der Waals surface area contributed by atoms with Crippen molar-refractivity contribution in [3.05, 3.63) is 35.4 Å². The van der Waals surface area contributed by atoms with Crippen LogP contribution in [0.25, 0.3) is 0 Å². The van der Waals surface area contributed by atoms with Gasteiger partial charge in [0, 0.05) is 12.3 Å². The van der Waals surface area contributed by atoms with Gasteiger partial charge in [0.15, 0.2) is 0 Å². The predicted molar refractivity (Wildman–Crippen MR) is 68.5 cm³/mol. The van der Waals surface area contributed by atoms with Gasteiger partial charge in [-0.3, -0.25) is 4.79 Å². The van der Waals surface area contributed by atoms with Crippen LogP contribution < -0.4 is 0 Å². The molecule has 0 radical (unpaired) electrons. The molecule has 1 heteroatoms. The minimum atomic E-state index is 0.186. The fraction of sp³-hybridized carbons (Fsp3) is 0.533. The van der Waals surface area contributed by atoms with E-state index in [-0.39, 0.29) is 5.92 Å². The summed E-state index contributed by atoms with van der Waals surface area (Å²) in [5, 5.41) is 0. The van der Waals surface area contributed by atoms with Crippen LogP contribution in [0.5, 0.6) is 0 Å². The molecule has 0 amide bonds. The maximum absolute atomic E-state index is 11.8. The molecule has 1 atom stereocenters. The number of ketones is 1. The standard InChI is InChI=1S/C15H22O/c1-11(2)13(4)15(16)10-9-14-7-5-12(3)6-8-14/h5-8,11,13H,9-10H2,1-4H3. The Kier molecular flexibility index (Phi) is 4.72. The van der Waals surface area contributed by atoms with Crippen molar-refractivity contribution < 1.29 is 4.79 Å². The molecule has 0 aliphatic carbocycles. The summed E-state index contributed by atoms with van der Waals surface area (Å²) in [5.41, 5.74) is 2.53. The SMILES string of the molecule is Cc1ccc(CCC(=O)C(C)C(C)C)cc1. The third-order valence-electron chi connectivity index (χ3n) is 3.29. The maximum Gasteiger partial charge on any atom is 0.136 e. The van der Waals surface area contributed by atoms with Crippen LogP contribution in [0, 0.1) is 18.8 Å². The lowest BCUT2D eigenvalue weighted by Gasteiger charge is -2.13. The summed E-state index contributed by atoms with van der Waals surface area (Å²) >= 11 is 0. The molecule has 1 aromatic rings. The van der Waals surface area contributed by atoms with Gasteiger partial charge in [-0.2, -0.15) is 0 Å². The van der Waals surface area contributed by atoms with E-state index in [1.54, 1.807) is 0 Å². The van der Waals surface area contributed by atoms with Gasteiger partial charge in [-0.15, -0.1) is 0 Å². The normalized spacial score (nSPS) is 12.8. The Balaban J connectivity index is 2.46. The molecule has 1 nitrogen and oxygen atoms in total. The molecule has 0 saturated carbocycles. The Morgan fingerprint density at radius 2 is 1.69 bits per heavy atom. The molecule has 1 rings (SSSR count). The smallest absolute Gasteiger partial charge is 0.136 e. The second-order valence-corrected chi connectivity index (χ2v) is 4.98. The van der Waals surface area contributed by atoms with E-state index in [0.717, 1.165) is 6.42 Å². The summed E-state index contributed by atoms with van der Waals surface area (Å²) in [6, 6.07) is 8.43. The molecule has 0 aromatic heterocycles. The second kappa shape index (κ2) is 5.83. The largest absolute Gasteiger partial charge is 0.299 e. The molecule has 1 aromatic carbocycles. The van der Waals surface area contributed by atoms with Gasteiger partial charge in [0.05, 0.1) is 0 Å². The van der Waals surface area contributed by atoms with Crippen molar-refractivity contribution >= 4 is 5.78 Å². The predicted octanol–water partition coefficient (Wildman–Crippen LogP) is 3.79. The van der Waals surface area contributed by atoms with Gasteiger partial charge in [-0.05, 0) is 24.8 Å². The summed E-state index contributed by atoms with van der Waals surface area (Å²) < 4.78 is 0. The first-order valence-corrected chi connectivity index (χ1v) is 6.09. The lowest BCUT2D eigenvalue weighted by Crippen LogP contribution is -2.17. The van der Waals surface area contributed by atoms with Gasteiger partial charge in [0.2, 0.25) is 0 Å². The average molecular weight is 218 g/mol. The van der Waals surface area contributed by atoms with Crippen LogP contribution in [0.3, 0.4) is 0 Å². The number of carbonyl (C=O) groups excluding carboxylic acids is 1. The van der Waals surface area contributed by atoms with Gasteiger partial charge in [0.1, 0.15) is 5.78 Å². The van der Waals surface area contributed by atoms with Gasteiger partial charge < -0.3 is 0 Å². The monoisotopic (exact) mass is 218 g/mol. The number of hydrogen-bond acceptors (Lipinski definition) is 1. The number of Topliss-reactive ketones (excluding diaryl/α,β-unsaturated/α-hetero) is 1. The van der Waals surface area contributed by atoms with E-state index in [1.807, 2.05) is 6.92 Å². The quantitative estimate of drug-likeness (QED) is 0.735. The zero-order valence-corrected chi connectivity index (χ0v) is 10.8. The van der Waals surface area contributed by atoms with E-state index in [0.29, 0.717) is 18.1 Å². The summed E-state index contributed by atoms with van der Waals surface area (Å²) in [6.07, 6.45) is 1.54. The Morgan fingerprint density at radius 1 is 1.12 bits per heavy atom. The lowest BCUT2D eigenvalue weighted by atomic mass is 9.90. The minimum Gasteiger partial charge on any atom is -0.299 e. The Labute approximate surface area is 98.9 Å². The molecule has 0 bridgehead atoms. The van der Waals surface area contributed by atoms with Crippen molar-refractivity contribution in [3.8, 4) is 0 Å². The van der Waals surface area contributed by atoms with Crippen molar-refractivity contribution in [1.82, 2.24) is 0 Å². The van der Waals surface area contributed by atoms with Crippen molar-refractivity contribution in [3.63, 3.8) is 0 Å². The molecule has 0 spiro atoms. The number of carbonyl (C=O) groups is 1. The highest BCUT2D eigenvalue weighted by molar-refractivity contribution is 5.81. The first kappa shape index (κ1) is 13.0. The number of rotatable bonds is 5. The van der Waals surface area contributed by atoms with E-state index in [4.69, 9.17) is 0 Å². The molecule has 0 N–H and O–H groups in total. The number of aryl methyl sites for hydroxylation is 2. The third kappa shape index (κ3) is 3.80. The molecule has 88 valence electrons. The van der Waals surface area contributed by atoms with E-state index in [9.17, 15) is 4.79 Å². The zero-order chi connectivity index (χ0) is 12.1. The average Bonchev–Trinajstić information content (AvgIpc) is 2.26. The Hall–Kier alpha value is -1.11. The molecule has 0 saturated heterocycles. The summed E-state index contributed by atoms with van der Waals surface area (Å²) in [4.78, 5) is 11.8. The maximum atomic E-state index is 11.8. The van der Waals surface area contributed by atoms with Gasteiger partial charge >= 0.3 is 0 Å². The summed E-state index contributed by atoms with van der Waals surface area (Å²) in [5.74, 6) is 1.02. The van der Waals surface area contributed by atoms with E-state index in [1.165, 1.54) is 11.1 Å². The van der Waals surface area contributed by atoms with Crippen LogP contribution in [0.1, 0.15) is 38.3 Å². The summed E-state index contributed by atoms with van der Waals surface area (Å²) in [7, 11) is 0.